The molecule has 0 radical (unpaired) electrons. The second kappa shape index (κ2) is 11.5. The minimum atomic E-state index is -0.0355. The van der Waals surface area contributed by atoms with E-state index in [0.717, 1.165) is 16.7 Å². The summed E-state index contributed by atoms with van der Waals surface area (Å²) in [5, 5.41) is 0. The fourth-order valence-electron chi connectivity index (χ4n) is 3.73. The van der Waals surface area contributed by atoms with E-state index < -0.39 is 0 Å². The van der Waals surface area contributed by atoms with Crippen LogP contribution in [0.15, 0.2) is 109 Å². The highest BCUT2D eigenvalue weighted by atomic mass is 16.5. The number of ketones is 1. The molecule has 0 bridgehead atoms. The largest absolute Gasteiger partial charge is 0.485 e. The van der Waals surface area contributed by atoms with Crippen LogP contribution >= 0.6 is 0 Å². The van der Waals surface area contributed by atoms with E-state index in [-0.39, 0.29) is 11.2 Å². The molecule has 0 saturated heterocycles. The van der Waals surface area contributed by atoms with Gasteiger partial charge in [-0.1, -0.05) is 118 Å². The fraction of sp³-hybridized carbons (Fsp3) is 0.182. The smallest absolute Gasteiger partial charge is 0.185 e. The predicted octanol–water partition coefficient (Wildman–Crippen LogP) is 8.04. The molecule has 4 aromatic carbocycles. The number of carbonyl (C=O) groups is 1. The van der Waals surface area contributed by atoms with Gasteiger partial charge in [-0.3, -0.25) is 4.79 Å². The van der Waals surface area contributed by atoms with Crippen LogP contribution in [-0.4, -0.2) is 5.78 Å². The maximum atomic E-state index is 12.8. The van der Waals surface area contributed by atoms with Crippen molar-refractivity contribution in [1.29, 1.82) is 0 Å². The Labute approximate surface area is 214 Å². The van der Waals surface area contributed by atoms with Gasteiger partial charge in [-0.25, -0.2) is 0 Å². The first-order valence-corrected chi connectivity index (χ1v) is 12.2. The number of hydrogen-bond acceptors (Lipinski definition) is 3. The van der Waals surface area contributed by atoms with Crippen LogP contribution in [0.2, 0.25) is 0 Å². The summed E-state index contributed by atoms with van der Waals surface area (Å²) >= 11 is 0. The van der Waals surface area contributed by atoms with Crippen molar-refractivity contribution in [3.05, 3.63) is 137 Å². The van der Waals surface area contributed by atoms with Gasteiger partial charge in [0.1, 0.15) is 13.2 Å². The lowest BCUT2D eigenvalue weighted by molar-refractivity contribution is 0.104. The fourth-order valence-corrected chi connectivity index (χ4v) is 3.73. The molecule has 4 aromatic rings. The first-order valence-electron chi connectivity index (χ1n) is 12.2. The quantitative estimate of drug-likeness (QED) is 0.181. The molecule has 0 N–H and O–H groups in total. The highest BCUT2D eigenvalue weighted by molar-refractivity contribution is 6.06. The van der Waals surface area contributed by atoms with E-state index in [1.54, 1.807) is 6.08 Å². The summed E-state index contributed by atoms with van der Waals surface area (Å²) in [7, 11) is 0. The van der Waals surface area contributed by atoms with Crippen molar-refractivity contribution in [3.63, 3.8) is 0 Å². The van der Waals surface area contributed by atoms with Gasteiger partial charge in [0.2, 0.25) is 0 Å². The van der Waals surface area contributed by atoms with Crippen LogP contribution in [0.25, 0.3) is 6.08 Å². The molecule has 0 unspecified atom stereocenters. The number of carbonyl (C=O) groups excluding carboxylic acids is 1. The van der Waals surface area contributed by atoms with Gasteiger partial charge >= 0.3 is 0 Å². The molecule has 0 saturated carbocycles. The molecular formula is C33H32O3. The minimum absolute atomic E-state index is 0.0355. The van der Waals surface area contributed by atoms with Gasteiger partial charge in [0.15, 0.2) is 17.3 Å². The van der Waals surface area contributed by atoms with Gasteiger partial charge in [-0.15, -0.1) is 0 Å². The standard InChI is InChI=1S/C33H32O3/c1-33(2,3)29-18-16-28(17-19-29)30(34)20-14-25-15-21-31(35-23-26-10-6-4-7-11-26)32(22-25)36-24-27-12-8-5-9-13-27/h4-22H,23-24H2,1-3H3. The van der Waals surface area contributed by atoms with Crippen LogP contribution in [0, 0.1) is 0 Å². The summed E-state index contributed by atoms with van der Waals surface area (Å²) in [6.07, 6.45) is 3.42. The van der Waals surface area contributed by atoms with Gasteiger partial charge in [0, 0.05) is 5.56 Å². The van der Waals surface area contributed by atoms with Crippen molar-refractivity contribution < 1.29 is 14.3 Å². The molecule has 0 amide bonds. The first-order chi connectivity index (χ1) is 17.4. The number of rotatable bonds is 9. The van der Waals surface area contributed by atoms with Crippen LogP contribution in [0.5, 0.6) is 11.5 Å². The highest BCUT2D eigenvalue weighted by Crippen LogP contribution is 2.31. The molecule has 0 aliphatic rings. The van der Waals surface area contributed by atoms with Crippen LogP contribution < -0.4 is 9.47 Å². The van der Waals surface area contributed by atoms with Gasteiger partial charge in [0.05, 0.1) is 0 Å². The van der Waals surface area contributed by atoms with Crippen molar-refractivity contribution in [1.82, 2.24) is 0 Å². The van der Waals surface area contributed by atoms with Crippen LogP contribution in [0.4, 0.5) is 0 Å². The van der Waals surface area contributed by atoms with E-state index in [9.17, 15) is 4.79 Å². The number of allylic oxidation sites excluding steroid dienone is 1. The molecule has 0 fully saturated rings. The lowest BCUT2D eigenvalue weighted by Crippen LogP contribution is -2.11. The Hall–Kier alpha value is -4.11. The summed E-state index contributed by atoms with van der Waals surface area (Å²) < 4.78 is 12.2. The van der Waals surface area contributed by atoms with E-state index in [1.165, 1.54) is 5.56 Å². The Morgan fingerprint density at radius 3 is 1.81 bits per heavy atom. The summed E-state index contributed by atoms with van der Waals surface area (Å²) in [5.74, 6) is 1.27. The Bertz CT molecular complexity index is 1300. The van der Waals surface area contributed by atoms with E-state index in [0.29, 0.717) is 30.3 Å². The molecule has 4 rings (SSSR count). The van der Waals surface area contributed by atoms with Gasteiger partial charge < -0.3 is 9.47 Å². The second-order valence-corrected chi connectivity index (χ2v) is 9.78. The molecule has 0 aromatic heterocycles. The monoisotopic (exact) mass is 476 g/mol. The zero-order valence-corrected chi connectivity index (χ0v) is 21.1. The average molecular weight is 477 g/mol. The van der Waals surface area contributed by atoms with Crippen LogP contribution in [-0.2, 0) is 18.6 Å². The molecule has 3 nitrogen and oxygen atoms in total. The zero-order valence-electron chi connectivity index (χ0n) is 21.1. The third kappa shape index (κ3) is 6.96. The molecule has 3 heteroatoms. The molecule has 0 spiro atoms. The number of ether oxygens (including phenoxy) is 2. The van der Waals surface area contributed by atoms with Crippen molar-refractivity contribution in [3.8, 4) is 11.5 Å². The number of hydrogen-bond donors (Lipinski definition) is 0. The van der Waals surface area contributed by atoms with Crippen LogP contribution in [0.1, 0.15) is 53.4 Å². The van der Waals surface area contributed by atoms with Crippen molar-refractivity contribution in [2.24, 2.45) is 0 Å². The molecular weight excluding hydrogens is 444 g/mol. The van der Waals surface area contributed by atoms with Gasteiger partial charge in [-0.2, -0.15) is 0 Å². The second-order valence-electron chi connectivity index (χ2n) is 9.78. The Morgan fingerprint density at radius 1 is 0.694 bits per heavy atom. The molecule has 0 atom stereocenters. The number of benzene rings is 4. The van der Waals surface area contributed by atoms with E-state index in [1.807, 2.05) is 109 Å². The topological polar surface area (TPSA) is 35.5 Å². The zero-order chi connectivity index (χ0) is 25.4. The van der Waals surface area contributed by atoms with E-state index in [4.69, 9.17) is 9.47 Å². The normalized spacial score (nSPS) is 11.4. The Kier molecular flexibility index (Phi) is 8.02. The lowest BCUT2D eigenvalue weighted by atomic mass is 9.86. The van der Waals surface area contributed by atoms with Crippen molar-refractivity contribution in [2.45, 2.75) is 39.4 Å². The minimum Gasteiger partial charge on any atom is -0.485 e. The molecule has 36 heavy (non-hydrogen) atoms. The maximum absolute atomic E-state index is 12.8. The van der Waals surface area contributed by atoms with E-state index >= 15 is 0 Å². The third-order valence-electron chi connectivity index (χ3n) is 5.90. The summed E-state index contributed by atoms with van der Waals surface area (Å²) in [4.78, 5) is 12.8. The molecule has 0 aliphatic carbocycles. The molecule has 0 aliphatic heterocycles. The summed E-state index contributed by atoms with van der Waals surface area (Å²) in [5.41, 5.74) is 4.94. The van der Waals surface area contributed by atoms with Crippen molar-refractivity contribution in [2.75, 3.05) is 0 Å². The van der Waals surface area contributed by atoms with Gasteiger partial charge in [0.25, 0.3) is 0 Å². The predicted molar refractivity (Wildman–Crippen MR) is 146 cm³/mol. The Morgan fingerprint density at radius 2 is 1.25 bits per heavy atom. The van der Waals surface area contributed by atoms with Crippen LogP contribution in [0.3, 0.4) is 0 Å². The summed E-state index contributed by atoms with van der Waals surface area (Å²) in [6, 6.07) is 33.6. The first kappa shape index (κ1) is 25.0. The summed E-state index contributed by atoms with van der Waals surface area (Å²) in [6.45, 7) is 7.35. The molecule has 182 valence electrons. The Balaban J connectivity index is 1.50. The third-order valence-corrected chi connectivity index (χ3v) is 5.90. The van der Waals surface area contributed by atoms with E-state index in [2.05, 4.69) is 20.8 Å². The lowest BCUT2D eigenvalue weighted by Gasteiger charge is -2.18. The average Bonchev–Trinajstić information content (AvgIpc) is 2.90. The van der Waals surface area contributed by atoms with Crippen molar-refractivity contribution >= 4 is 11.9 Å². The van der Waals surface area contributed by atoms with Gasteiger partial charge in [-0.05, 0) is 45.9 Å². The highest BCUT2D eigenvalue weighted by Gasteiger charge is 2.14. The maximum Gasteiger partial charge on any atom is 0.185 e. The SMILES string of the molecule is CC(C)(C)c1ccc(C(=O)C=Cc2ccc(OCc3ccccc3)c(OCc3ccccc3)c2)cc1. The molecule has 0 heterocycles.